The van der Waals surface area contributed by atoms with Crippen LogP contribution in [-0.2, 0) is 0 Å². The van der Waals surface area contributed by atoms with Crippen LogP contribution < -0.4 is 5.73 Å². The van der Waals surface area contributed by atoms with Gasteiger partial charge in [-0.25, -0.2) is 0 Å². The second-order valence-corrected chi connectivity index (χ2v) is 3.78. The molecule has 0 radical (unpaired) electrons. The maximum absolute atomic E-state index is 11.7. The van der Waals surface area contributed by atoms with Crippen molar-refractivity contribution in [1.82, 2.24) is 0 Å². The molecule has 3 nitrogen and oxygen atoms in total. The molecule has 0 aliphatic carbocycles. The van der Waals surface area contributed by atoms with Gasteiger partial charge in [0, 0.05) is 23.9 Å². The number of rotatable bonds is 5. The third kappa shape index (κ3) is 3.87. The van der Waals surface area contributed by atoms with Crippen LogP contribution in [0, 0.1) is 6.92 Å². The topological polar surface area (TPSA) is 63.3 Å². The predicted molar refractivity (Wildman–Crippen MR) is 64.1 cm³/mol. The molecule has 1 aromatic rings. The number of hydrogen-bond donors (Lipinski definition) is 2. The quantitative estimate of drug-likeness (QED) is 0.586. The normalized spacial score (nSPS) is 11.5. The number of carbonyl (C=O) groups excluding carboxylic acids is 1. The molecular formula is C13H17NO2. The van der Waals surface area contributed by atoms with Crippen molar-refractivity contribution < 1.29 is 9.90 Å². The Balaban J connectivity index is 2.67. The molecule has 0 aromatic heterocycles. The summed E-state index contributed by atoms with van der Waals surface area (Å²) in [5, 5.41) is 8.63. The molecule has 0 saturated carbocycles. The molecule has 0 aliphatic heterocycles. The van der Waals surface area contributed by atoms with Crippen molar-refractivity contribution in [3.63, 3.8) is 0 Å². The second kappa shape index (κ2) is 6.08. The number of aryl methyl sites for hydroxylation is 1. The van der Waals surface area contributed by atoms with E-state index in [9.17, 15) is 4.79 Å². The monoisotopic (exact) mass is 219 g/mol. The van der Waals surface area contributed by atoms with E-state index in [0.717, 1.165) is 5.56 Å². The molecule has 0 atom stereocenters. The Kier molecular flexibility index (Phi) is 4.73. The minimum Gasteiger partial charge on any atom is -0.402 e. The van der Waals surface area contributed by atoms with E-state index in [1.807, 2.05) is 19.1 Å². The standard InChI is InChI=1S/C13H17NO2/c1-10-4-6-11(7-5-10)13(16)9-12(14)3-2-8-15/h4-7,9,15H,2-3,8,14H2,1H3/b12-9-. The van der Waals surface area contributed by atoms with E-state index in [1.54, 1.807) is 12.1 Å². The molecule has 3 N–H and O–H groups in total. The third-order valence-corrected chi connectivity index (χ3v) is 2.28. The summed E-state index contributed by atoms with van der Waals surface area (Å²) >= 11 is 0. The van der Waals surface area contributed by atoms with Gasteiger partial charge in [-0.2, -0.15) is 0 Å². The lowest BCUT2D eigenvalue weighted by Gasteiger charge is -2.00. The number of hydrogen-bond acceptors (Lipinski definition) is 3. The summed E-state index contributed by atoms with van der Waals surface area (Å²) in [6.07, 6.45) is 2.57. The first-order chi connectivity index (χ1) is 7.63. The molecule has 0 heterocycles. The zero-order valence-electron chi connectivity index (χ0n) is 9.44. The molecular weight excluding hydrogens is 202 g/mol. The van der Waals surface area contributed by atoms with Crippen LogP contribution in [0.2, 0.25) is 0 Å². The lowest BCUT2D eigenvalue weighted by molar-refractivity contribution is 0.104. The molecule has 3 heteroatoms. The maximum Gasteiger partial charge on any atom is 0.187 e. The molecule has 0 amide bonds. The smallest absolute Gasteiger partial charge is 0.187 e. The van der Waals surface area contributed by atoms with Gasteiger partial charge >= 0.3 is 0 Å². The van der Waals surface area contributed by atoms with Gasteiger partial charge in [0.25, 0.3) is 0 Å². The van der Waals surface area contributed by atoms with Gasteiger partial charge in [-0.15, -0.1) is 0 Å². The van der Waals surface area contributed by atoms with Crippen molar-refractivity contribution in [2.24, 2.45) is 5.73 Å². The van der Waals surface area contributed by atoms with Gasteiger partial charge in [-0.3, -0.25) is 4.79 Å². The molecule has 0 aliphatic rings. The van der Waals surface area contributed by atoms with Gasteiger partial charge in [0.2, 0.25) is 0 Å². The number of ketones is 1. The van der Waals surface area contributed by atoms with Crippen molar-refractivity contribution in [3.05, 3.63) is 47.2 Å². The number of aliphatic hydroxyl groups excluding tert-OH is 1. The molecule has 0 unspecified atom stereocenters. The Labute approximate surface area is 95.6 Å². The van der Waals surface area contributed by atoms with E-state index in [-0.39, 0.29) is 12.4 Å². The number of nitrogens with two attached hydrogens (primary N) is 1. The van der Waals surface area contributed by atoms with Crippen LogP contribution in [0.25, 0.3) is 0 Å². The van der Waals surface area contributed by atoms with Crippen LogP contribution in [0.1, 0.15) is 28.8 Å². The van der Waals surface area contributed by atoms with E-state index in [2.05, 4.69) is 0 Å². The molecule has 0 saturated heterocycles. The van der Waals surface area contributed by atoms with Gasteiger partial charge in [-0.1, -0.05) is 29.8 Å². The minimum absolute atomic E-state index is 0.0876. The molecule has 0 bridgehead atoms. The minimum atomic E-state index is -0.0876. The average Bonchev–Trinajstić information content (AvgIpc) is 2.27. The van der Waals surface area contributed by atoms with E-state index in [0.29, 0.717) is 24.1 Å². The number of allylic oxidation sites excluding steroid dienone is 2. The van der Waals surface area contributed by atoms with Crippen molar-refractivity contribution in [2.45, 2.75) is 19.8 Å². The highest BCUT2D eigenvalue weighted by molar-refractivity contribution is 6.04. The average molecular weight is 219 g/mol. The zero-order chi connectivity index (χ0) is 12.0. The summed E-state index contributed by atoms with van der Waals surface area (Å²) < 4.78 is 0. The van der Waals surface area contributed by atoms with Crippen molar-refractivity contribution in [3.8, 4) is 0 Å². The molecule has 1 rings (SSSR count). The first-order valence-electron chi connectivity index (χ1n) is 5.31. The van der Waals surface area contributed by atoms with Gasteiger partial charge in [0.1, 0.15) is 0 Å². The van der Waals surface area contributed by atoms with E-state index in [1.165, 1.54) is 6.08 Å². The lowest BCUT2D eigenvalue weighted by atomic mass is 10.1. The van der Waals surface area contributed by atoms with Crippen LogP contribution in [0.15, 0.2) is 36.0 Å². The van der Waals surface area contributed by atoms with Crippen LogP contribution in [0.3, 0.4) is 0 Å². The summed E-state index contributed by atoms with van der Waals surface area (Å²) in [6.45, 7) is 2.06. The summed E-state index contributed by atoms with van der Waals surface area (Å²) in [5.41, 5.74) is 7.93. The molecule has 0 spiro atoms. The van der Waals surface area contributed by atoms with E-state index in [4.69, 9.17) is 10.8 Å². The summed E-state index contributed by atoms with van der Waals surface area (Å²) in [6, 6.07) is 7.36. The van der Waals surface area contributed by atoms with Crippen LogP contribution in [-0.4, -0.2) is 17.5 Å². The highest BCUT2D eigenvalue weighted by Gasteiger charge is 2.02. The summed E-state index contributed by atoms with van der Waals surface area (Å²) in [5.74, 6) is -0.0876. The number of aliphatic hydroxyl groups is 1. The first kappa shape index (κ1) is 12.5. The van der Waals surface area contributed by atoms with Gasteiger partial charge in [0.15, 0.2) is 5.78 Å². The Morgan fingerprint density at radius 3 is 2.56 bits per heavy atom. The fraction of sp³-hybridized carbons (Fsp3) is 0.308. The van der Waals surface area contributed by atoms with Crippen molar-refractivity contribution >= 4 is 5.78 Å². The van der Waals surface area contributed by atoms with E-state index >= 15 is 0 Å². The van der Waals surface area contributed by atoms with E-state index < -0.39 is 0 Å². The Morgan fingerprint density at radius 2 is 2.00 bits per heavy atom. The number of carbonyl (C=O) groups is 1. The second-order valence-electron chi connectivity index (χ2n) is 3.78. The highest BCUT2D eigenvalue weighted by Crippen LogP contribution is 2.06. The Morgan fingerprint density at radius 1 is 1.38 bits per heavy atom. The molecule has 86 valence electrons. The first-order valence-corrected chi connectivity index (χ1v) is 5.31. The van der Waals surface area contributed by atoms with Crippen LogP contribution >= 0.6 is 0 Å². The Bertz CT molecular complexity index is 379. The van der Waals surface area contributed by atoms with Crippen molar-refractivity contribution in [2.75, 3.05) is 6.61 Å². The lowest BCUT2D eigenvalue weighted by Crippen LogP contribution is -2.04. The zero-order valence-corrected chi connectivity index (χ0v) is 9.44. The van der Waals surface area contributed by atoms with Crippen LogP contribution in [0.4, 0.5) is 0 Å². The van der Waals surface area contributed by atoms with Gasteiger partial charge < -0.3 is 10.8 Å². The SMILES string of the molecule is Cc1ccc(C(=O)/C=C(\N)CCCO)cc1. The molecule has 0 fully saturated rings. The van der Waals surface area contributed by atoms with Crippen molar-refractivity contribution in [1.29, 1.82) is 0 Å². The predicted octanol–water partition coefficient (Wildman–Crippen LogP) is 1.79. The molecule has 16 heavy (non-hydrogen) atoms. The summed E-state index contributed by atoms with van der Waals surface area (Å²) in [7, 11) is 0. The maximum atomic E-state index is 11.7. The third-order valence-electron chi connectivity index (χ3n) is 2.28. The highest BCUT2D eigenvalue weighted by atomic mass is 16.2. The fourth-order valence-corrected chi connectivity index (χ4v) is 1.32. The number of benzene rings is 1. The summed E-state index contributed by atoms with van der Waals surface area (Å²) in [4.78, 5) is 11.7. The van der Waals surface area contributed by atoms with Gasteiger partial charge in [0.05, 0.1) is 0 Å². The van der Waals surface area contributed by atoms with Gasteiger partial charge in [-0.05, 0) is 19.8 Å². The fourth-order valence-electron chi connectivity index (χ4n) is 1.32. The van der Waals surface area contributed by atoms with Crippen LogP contribution in [0.5, 0.6) is 0 Å². The molecule has 1 aromatic carbocycles. The largest absolute Gasteiger partial charge is 0.402 e. The Hall–Kier alpha value is -1.61.